The third-order valence-corrected chi connectivity index (χ3v) is 8.78. The fraction of sp³-hybridized carbons (Fsp3) is 0.382. The average Bonchev–Trinajstić information content (AvgIpc) is 3.64. The number of aromatic amines is 1. The van der Waals surface area contributed by atoms with Crippen LogP contribution >= 0.6 is 0 Å². The van der Waals surface area contributed by atoms with Crippen LogP contribution in [0.1, 0.15) is 23.2 Å². The highest BCUT2D eigenvalue weighted by Crippen LogP contribution is 2.45. The first-order valence-corrected chi connectivity index (χ1v) is 14.9. The Kier molecular flexibility index (Phi) is 8.44. The summed E-state index contributed by atoms with van der Waals surface area (Å²) in [4.78, 5) is 22.2. The molecule has 1 aromatic heterocycles. The Hall–Kier alpha value is -4.21. The molecule has 2 aliphatic rings. The lowest BCUT2D eigenvalue weighted by molar-refractivity contribution is -0.137. The second-order valence-corrected chi connectivity index (χ2v) is 11.2. The molecule has 6 rings (SSSR count). The van der Waals surface area contributed by atoms with Gasteiger partial charge < -0.3 is 34.1 Å². The van der Waals surface area contributed by atoms with Crippen LogP contribution in [-0.2, 0) is 23.3 Å². The van der Waals surface area contributed by atoms with Gasteiger partial charge in [-0.05, 0) is 66.4 Å². The lowest BCUT2D eigenvalue weighted by Crippen LogP contribution is -2.56. The van der Waals surface area contributed by atoms with Gasteiger partial charge in [-0.3, -0.25) is 9.69 Å². The highest BCUT2D eigenvalue weighted by atomic mass is 16.5. The maximum absolute atomic E-state index is 13.9. The predicted molar refractivity (Wildman–Crippen MR) is 166 cm³/mol. The van der Waals surface area contributed by atoms with Crippen molar-refractivity contribution < 1.29 is 23.7 Å². The minimum atomic E-state index is -0.436. The van der Waals surface area contributed by atoms with Crippen molar-refractivity contribution in [1.29, 1.82) is 0 Å². The number of benzene rings is 3. The van der Waals surface area contributed by atoms with Crippen molar-refractivity contribution in [1.82, 2.24) is 20.1 Å². The number of hydrogen-bond acceptors (Lipinski definition) is 7. The van der Waals surface area contributed by atoms with E-state index in [9.17, 15) is 4.79 Å². The number of carbonyl (C=O) groups is 1. The third-order valence-electron chi connectivity index (χ3n) is 8.78. The number of rotatable bonds is 11. The number of fused-ring (bicyclic) bond motifs is 4. The van der Waals surface area contributed by atoms with Gasteiger partial charge in [-0.1, -0.05) is 24.3 Å². The topological polar surface area (TPSA) is 88.3 Å². The first kappa shape index (κ1) is 28.9. The Balaban J connectivity index is 1.21. The average molecular weight is 585 g/mol. The molecular weight excluding hydrogens is 544 g/mol. The zero-order chi connectivity index (χ0) is 29.8. The number of carbonyl (C=O) groups excluding carboxylic acids is 1. The smallest absolute Gasteiger partial charge is 0.237 e. The van der Waals surface area contributed by atoms with E-state index in [-0.39, 0.29) is 12.5 Å². The van der Waals surface area contributed by atoms with Crippen LogP contribution in [0.15, 0.2) is 66.7 Å². The van der Waals surface area contributed by atoms with Gasteiger partial charge in [-0.15, -0.1) is 0 Å². The molecule has 43 heavy (non-hydrogen) atoms. The molecule has 4 aromatic rings. The molecule has 1 atom stereocenters. The van der Waals surface area contributed by atoms with Gasteiger partial charge in [0.05, 0.1) is 33.4 Å². The molecule has 1 unspecified atom stereocenters. The fourth-order valence-corrected chi connectivity index (χ4v) is 6.64. The van der Waals surface area contributed by atoms with Crippen molar-refractivity contribution in [3.05, 3.63) is 83.6 Å². The normalized spacial score (nSPS) is 18.2. The highest BCUT2D eigenvalue weighted by molar-refractivity contribution is 5.88. The molecule has 0 saturated carbocycles. The van der Waals surface area contributed by atoms with E-state index in [1.165, 1.54) is 10.9 Å². The lowest BCUT2D eigenvalue weighted by atomic mass is 9.83. The SMILES string of the molecule is COc1ccc2[nH]c3c(c2c1)CCN(C(=O)CNCc1ccc(OC)c(OC)c1)C31CCN(CCOc2ccccc2)C1. The second-order valence-electron chi connectivity index (χ2n) is 11.2. The second kappa shape index (κ2) is 12.6. The molecule has 9 nitrogen and oxygen atoms in total. The van der Waals surface area contributed by atoms with E-state index in [1.807, 2.05) is 54.6 Å². The van der Waals surface area contributed by atoms with E-state index in [4.69, 9.17) is 18.9 Å². The first-order valence-electron chi connectivity index (χ1n) is 14.9. The molecule has 1 saturated heterocycles. The molecule has 226 valence electrons. The largest absolute Gasteiger partial charge is 0.497 e. The number of nitrogens with one attached hydrogen (secondary N) is 2. The van der Waals surface area contributed by atoms with Crippen LogP contribution in [0.2, 0.25) is 0 Å². The van der Waals surface area contributed by atoms with Crippen LogP contribution in [0, 0.1) is 0 Å². The molecule has 1 amide bonds. The molecule has 0 radical (unpaired) electrons. The van der Waals surface area contributed by atoms with Crippen molar-refractivity contribution in [3.8, 4) is 23.0 Å². The van der Waals surface area contributed by atoms with Crippen molar-refractivity contribution in [2.75, 3.05) is 60.7 Å². The Bertz CT molecular complexity index is 1570. The van der Waals surface area contributed by atoms with Gasteiger partial charge in [0, 0.05) is 49.3 Å². The molecule has 3 heterocycles. The molecule has 2 N–H and O–H groups in total. The number of methoxy groups -OCH3 is 3. The van der Waals surface area contributed by atoms with Crippen LogP contribution in [-0.4, -0.2) is 81.4 Å². The maximum Gasteiger partial charge on any atom is 0.237 e. The maximum atomic E-state index is 13.9. The number of H-pyrrole nitrogens is 1. The minimum Gasteiger partial charge on any atom is -0.497 e. The molecule has 2 aliphatic heterocycles. The number of para-hydroxylation sites is 1. The van der Waals surface area contributed by atoms with Crippen LogP contribution in [0.4, 0.5) is 0 Å². The molecular formula is C34H40N4O5. The van der Waals surface area contributed by atoms with Crippen molar-refractivity contribution in [3.63, 3.8) is 0 Å². The standard InChI is InChI=1S/C34H40N4O5/c1-40-26-10-11-29-28(20-26)27-13-15-38(32(39)22-35-21-24-9-12-30(41-2)31(19-24)42-3)34(33(27)36-29)14-16-37(23-34)17-18-43-25-7-5-4-6-8-25/h4-12,19-20,35-36H,13-18,21-23H2,1-3H3. The summed E-state index contributed by atoms with van der Waals surface area (Å²) in [6.45, 7) is 4.49. The third kappa shape index (κ3) is 5.75. The molecule has 9 heteroatoms. The Morgan fingerprint density at radius 3 is 2.56 bits per heavy atom. The quantitative estimate of drug-likeness (QED) is 0.271. The van der Waals surface area contributed by atoms with Gasteiger partial charge in [0.15, 0.2) is 11.5 Å². The monoisotopic (exact) mass is 584 g/mol. The van der Waals surface area contributed by atoms with Gasteiger partial charge in [0.1, 0.15) is 18.1 Å². The number of ether oxygens (including phenoxy) is 4. The van der Waals surface area contributed by atoms with E-state index >= 15 is 0 Å². The van der Waals surface area contributed by atoms with Gasteiger partial charge >= 0.3 is 0 Å². The Morgan fingerprint density at radius 1 is 0.930 bits per heavy atom. The van der Waals surface area contributed by atoms with E-state index < -0.39 is 5.54 Å². The zero-order valence-corrected chi connectivity index (χ0v) is 25.2. The summed E-state index contributed by atoms with van der Waals surface area (Å²) >= 11 is 0. The fourth-order valence-electron chi connectivity index (χ4n) is 6.64. The Morgan fingerprint density at radius 2 is 1.77 bits per heavy atom. The molecule has 3 aromatic carbocycles. The Labute approximate surface area is 252 Å². The molecule has 1 fully saturated rings. The number of likely N-dealkylation sites (tertiary alicyclic amines) is 1. The summed E-state index contributed by atoms with van der Waals surface area (Å²) in [6.07, 6.45) is 1.65. The van der Waals surface area contributed by atoms with Crippen molar-refractivity contribution in [2.45, 2.75) is 24.9 Å². The van der Waals surface area contributed by atoms with Crippen LogP contribution in [0.3, 0.4) is 0 Å². The predicted octanol–water partition coefficient (Wildman–Crippen LogP) is 4.35. The van der Waals surface area contributed by atoms with Gasteiger partial charge in [0.2, 0.25) is 5.91 Å². The van der Waals surface area contributed by atoms with E-state index in [0.717, 1.165) is 60.7 Å². The summed E-state index contributed by atoms with van der Waals surface area (Å²) in [7, 11) is 4.95. The summed E-state index contributed by atoms with van der Waals surface area (Å²) in [5.41, 5.74) is 4.11. The summed E-state index contributed by atoms with van der Waals surface area (Å²) < 4.78 is 22.4. The van der Waals surface area contributed by atoms with E-state index in [0.29, 0.717) is 31.2 Å². The van der Waals surface area contributed by atoms with Crippen LogP contribution in [0.25, 0.3) is 10.9 Å². The van der Waals surface area contributed by atoms with Gasteiger partial charge in [0.25, 0.3) is 0 Å². The van der Waals surface area contributed by atoms with Crippen molar-refractivity contribution >= 4 is 16.8 Å². The molecule has 1 spiro atoms. The number of hydrogen-bond donors (Lipinski definition) is 2. The zero-order valence-electron chi connectivity index (χ0n) is 25.2. The van der Waals surface area contributed by atoms with Gasteiger partial charge in [-0.25, -0.2) is 0 Å². The van der Waals surface area contributed by atoms with E-state index in [1.54, 1.807) is 21.3 Å². The highest BCUT2D eigenvalue weighted by Gasteiger charge is 2.50. The summed E-state index contributed by atoms with van der Waals surface area (Å²) in [5, 5.41) is 4.55. The summed E-state index contributed by atoms with van der Waals surface area (Å²) in [6, 6.07) is 21.9. The summed E-state index contributed by atoms with van der Waals surface area (Å²) in [5.74, 6) is 3.17. The van der Waals surface area contributed by atoms with Gasteiger partial charge in [-0.2, -0.15) is 0 Å². The van der Waals surface area contributed by atoms with Crippen LogP contribution in [0.5, 0.6) is 23.0 Å². The van der Waals surface area contributed by atoms with E-state index in [2.05, 4.69) is 32.2 Å². The lowest BCUT2D eigenvalue weighted by Gasteiger charge is -2.45. The first-order chi connectivity index (χ1) is 21.0. The minimum absolute atomic E-state index is 0.102. The van der Waals surface area contributed by atoms with Crippen LogP contribution < -0.4 is 24.3 Å². The number of nitrogens with zero attached hydrogens (tertiary/aromatic N) is 2. The molecule has 0 aliphatic carbocycles. The molecule has 0 bridgehead atoms. The number of amides is 1. The van der Waals surface area contributed by atoms with Crippen molar-refractivity contribution in [2.24, 2.45) is 0 Å². The number of aromatic nitrogens is 1.